The molecular weight excluding hydrogens is 414 g/mol. The second-order valence-electron chi connectivity index (χ2n) is 7.26. The van der Waals surface area contributed by atoms with Crippen LogP contribution in [0.1, 0.15) is 6.92 Å². The number of rotatable bonds is 5. The number of aliphatic hydroxyl groups is 1. The Balaban J connectivity index is 1.97. The average Bonchev–Trinajstić information content (AvgIpc) is 2.71. The van der Waals surface area contributed by atoms with Crippen LogP contribution in [0.25, 0.3) is 22.2 Å². The highest BCUT2D eigenvalue weighted by Gasteiger charge is 2.38. The number of thioether (sulfide) groups is 1. The van der Waals surface area contributed by atoms with E-state index in [2.05, 4.69) is 15.0 Å². The Labute approximate surface area is 176 Å². The Kier molecular flexibility index (Phi) is 5.15. The molecule has 0 amide bonds. The molecule has 1 aromatic carbocycles. The molecule has 1 fully saturated rings. The highest BCUT2D eigenvalue weighted by Crippen LogP contribution is 2.40. The maximum absolute atomic E-state index is 15.1. The van der Waals surface area contributed by atoms with Crippen molar-refractivity contribution in [2.75, 3.05) is 38.5 Å². The van der Waals surface area contributed by atoms with Gasteiger partial charge in [0, 0.05) is 30.7 Å². The minimum absolute atomic E-state index is 0.0525. The van der Waals surface area contributed by atoms with E-state index in [0.717, 1.165) is 6.07 Å². The quantitative estimate of drug-likeness (QED) is 0.484. The van der Waals surface area contributed by atoms with E-state index < -0.39 is 17.2 Å². The van der Waals surface area contributed by atoms with Crippen LogP contribution in [0, 0.1) is 11.6 Å². The number of halogens is 2. The predicted molar refractivity (Wildman–Crippen MR) is 110 cm³/mol. The molecule has 1 aliphatic rings. The van der Waals surface area contributed by atoms with Gasteiger partial charge in [-0.3, -0.25) is 0 Å². The van der Waals surface area contributed by atoms with E-state index in [1.807, 2.05) is 11.2 Å². The van der Waals surface area contributed by atoms with E-state index >= 15 is 8.78 Å². The topological polar surface area (TPSA) is 80.6 Å². The highest BCUT2D eigenvalue weighted by atomic mass is 32.2. The van der Waals surface area contributed by atoms with Gasteiger partial charge >= 0.3 is 0 Å². The van der Waals surface area contributed by atoms with E-state index in [9.17, 15) is 5.11 Å². The van der Waals surface area contributed by atoms with Crippen LogP contribution in [0.15, 0.2) is 23.5 Å². The normalized spacial score (nSPS) is 15.2. The van der Waals surface area contributed by atoms with Crippen LogP contribution in [0.4, 0.5) is 14.6 Å². The van der Waals surface area contributed by atoms with Crippen LogP contribution in [-0.2, 0) is 0 Å². The van der Waals surface area contributed by atoms with Gasteiger partial charge in [-0.2, -0.15) is 0 Å². The van der Waals surface area contributed by atoms with Crippen molar-refractivity contribution in [1.29, 1.82) is 0 Å². The largest absolute Gasteiger partial charge is 0.494 e. The fraction of sp³-hybridized carbons (Fsp3) is 0.350. The number of pyridine rings is 1. The zero-order chi connectivity index (χ0) is 21.6. The second kappa shape index (κ2) is 7.51. The second-order valence-corrected chi connectivity index (χ2v) is 8.04. The smallest absolute Gasteiger partial charge is 0.187 e. The molecule has 0 unspecified atom stereocenters. The number of methoxy groups -OCH3 is 2. The van der Waals surface area contributed by atoms with Crippen molar-refractivity contribution < 1.29 is 23.4 Å². The number of benzene rings is 1. The molecule has 2 aromatic heterocycles. The molecule has 158 valence electrons. The zero-order valence-corrected chi connectivity index (χ0v) is 17.7. The summed E-state index contributed by atoms with van der Waals surface area (Å²) in [5.74, 6) is -1.66. The van der Waals surface area contributed by atoms with Gasteiger partial charge in [0.25, 0.3) is 0 Å². The van der Waals surface area contributed by atoms with Crippen molar-refractivity contribution in [2.24, 2.45) is 0 Å². The summed E-state index contributed by atoms with van der Waals surface area (Å²) in [5, 5.41) is 11.3. The molecule has 0 bridgehead atoms. The summed E-state index contributed by atoms with van der Waals surface area (Å²) in [6.07, 6.45) is 3.44. The lowest BCUT2D eigenvalue weighted by molar-refractivity contribution is 0.0307. The first-order valence-corrected chi connectivity index (χ1v) is 10.3. The number of aromatic nitrogens is 3. The van der Waals surface area contributed by atoms with Crippen LogP contribution in [-0.4, -0.2) is 59.2 Å². The van der Waals surface area contributed by atoms with Crippen LogP contribution in [0.3, 0.4) is 0 Å². The van der Waals surface area contributed by atoms with Crippen LogP contribution < -0.4 is 14.4 Å². The molecule has 0 aliphatic carbocycles. The van der Waals surface area contributed by atoms with Gasteiger partial charge in [-0.05, 0) is 19.2 Å². The standard InChI is InChI=1S/C20H20F2N4O3S/c1-20(27)8-26(9-20)18-17-10(7-23-19(25-17)30-4)5-11(24-18)14-15(21)12(28-2)6-13(29-3)16(14)22/h5-7,27H,8-9H2,1-4H3. The van der Waals surface area contributed by atoms with Gasteiger partial charge in [0.1, 0.15) is 5.52 Å². The maximum Gasteiger partial charge on any atom is 0.187 e. The number of ether oxygens (including phenoxy) is 2. The van der Waals surface area contributed by atoms with Crippen LogP contribution >= 0.6 is 11.8 Å². The van der Waals surface area contributed by atoms with Crippen molar-refractivity contribution in [3.05, 3.63) is 30.0 Å². The van der Waals surface area contributed by atoms with Gasteiger partial charge in [0.15, 0.2) is 34.1 Å². The van der Waals surface area contributed by atoms with Crippen molar-refractivity contribution in [1.82, 2.24) is 15.0 Å². The molecule has 0 spiro atoms. The Morgan fingerprint density at radius 3 is 2.27 bits per heavy atom. The molecule has 1 saturated heterocycles. The van der Waals surface area contributed by atoms with Crippen molar-refractivity contribution in [2.45, 2.75) is 17.7 Å². The molecule has 3 aromatic rings. The molecular formula is C20H20F2N4O3S. The SMILES string of the molecule is COc1cc(OC)c(F)c(-c2cc3cnc(SC)nc3c(N3CC(C)(O)C3)n2)c1F. The van der Waals surface area contributed by atoms with Crippen molar-refractivity contribution >= 4 is 28.5 Å². The lowest BCUT2D eigenvalue weighted by Crippen LogP contribution is -2.60. The lowest BCUT2D eigenvalue weighted by Gasteiger charge is -2.45. The number of anilines is 1. The minimum atomic E-state index is -0.883. The monoisotopic (exact) mass is 434 g/mol. The Hall–Kier alpha value is -2.72. The summed E-state index contributed by atoms with van der Waals surface area (Å²) in [7, 11) is 2.58. The number of nitrogens with zero attached hydrogens (tertiary/aromatic N) is 4. The molecule has 30 heavy (non-hydrogen) atoms. The average molecular weight is 434 g/mol. The first-order valence-electron chi connectivity index (χ1n) is 9.07. The summed E-state index contributed by atoms with van der Waals surface area (Å²) in [6.45, 7) is 2.36. The number of hydrogen-bond donors (Lipinski definition) is 1. The van der Waals surface area contributed by atoms with E-state index in [0.29, 0.717) is 35.0 Å². The minimum Gasteiger partial charge on any atom is -0.494 e. The number of β-amino-alcohol motifs (C(OH)–C–C–N with tert-alkyl or cyclic N) is 1. The summed E-state index contributed by atoms with van der Waals surface area (Å²) in [6, 6.07) is 2.68. The molecule has 4 rings (SSSR count). The molecule has 1 aliphatic heterocycles. The Bertz CT molecular complexity index is 1110. The molecule has 7 nitrogen and oxygen atoms in total. The first kappa shape index (κ1) is 20.5. The molecule has 10 heteroatoms. The molecule has 0 radical (unpaired) electrons. The molecule has 0 atom stereocenters. The van der Waals surface area contributed by atoms with Crippen LogP contribution in [0.2, 0.25) is 0 Å². The van der Waals surface area contributed by atoms with Gasteiger partial charge in [0.05, 0.1) is 31.1 Å². The van der Waals surface area contributed by atoms with Crippen molar-refractivity contribution in [3.63, 3.8) is 0 Å². The van der Waals surface area contributed by atoms with Gasteiger partial charge in [-0.25, -0.2) is 23.7 Å². The van der Waals surface area contributed by atoms with E-state index in [1.54, 1.807) is 13.1 Å². The van der Waals surface area contributed by atoms with E-state index in [4.69, 9.17) is 9.47 Å². The predicted octanol–water partition coefficient (Wildman–Crippen LogP) is 3.28. The van der Waals surface area contributed by atoms with Crippen molar-refractivity contribution in [3.8, 4) is 22.8 Å². The molecule has 1 N–H and O–H groups in total. The maximum atomic E-state index is 15.1. The fourth-order valence-electron chi connectivity index (χ4n) is 3.49. The summed E-state index contributed by atoms with van der Waals surface area (Å²) in [5.41, 5.74) is -0.633. The van der Waals surface area contributed by atoms with Gasteiger partial charge < -0.3 is 19.5 Å². The van der Waals surface area contributed by atoms with Crippen LogP contribution in [0.5, 0.6) is 11.5 Å². The third-order valence-electron chi connectivity index (χ3n) is 4.90. The summed E-state index contributed by atoms with van der Waals surface area (Å²) in [4.78, 5) is 15.1. The molecule has 0 saturated carbocycles. The number of fused-ring (bicyclic) bond motifs is 1. The third-order valence-corrected chi connectivity index (χ3v) is 5.46. The van der Waals surface area contributed by atoms with E-state index in [-0.39, 0.29) is 22.8 Å². The van der Waals surface area contributed by atoms with E-state index in [1.165, 1.54) is 32.0 Å². The van der Waals surface area contributed by atoms with Gasteiger partial charge in [-0.1, -0.05) is 11.8 Å². The summed E-state index contributed by atoms with van der Waals surface area (Å²) < 4.78 is 40.2. The lowest BCUT2D eigenvalue weighted by atomic mass is 9.96. The van der Waals surface area contributed by atoms with Gasteiger partial charge in [-0.15, -0.1) is 0 Å². The zero-order valence-electron chi connectivity index (χ0n) is 16.9. The van der Waals surface area contributed by atoms with Gasteiger partial charge in [0.2, 0.25) is 0 Å². The fourth-order valence-corrected chi connectivity index (χ4v) is 3.83. The first-order chi connectivity index (χ1) is 14.3. The molecule has 3 heterocycles. The highest BCUT2D eigenvalue weighted by molar-refractivity contribution is 7.98. The summed E-state index contributed by atoms with van der Waals surface area (Å²) >= 11 is 1.37. The third kappa shape index (κ3) is 3.39. The number of hydrogen-bond acceptors (Lipinski definition) is 8. The Morgan fingerprint density at radius 1 is 1.10 bits per heavy atom. The Morgan fingerprint density at radius 2 is 1.73 bits per heavy atom.